The van der Waals surface area contributed by atoms with Gasteiger partial charge in [0.1, 0.15) is 5.82 Å². The van der Waals surface area contributed by atoms with Gasteiger partial charge in [0.2, 0.25) is 5.82 Å². The molecule has 162 valence electrons. The summed E-state index contributed by atoms with van der Waals surface area (Å²) in [5, 5.41) is 15.2. The predicted molar refractivity (Wildman–Crippen MR) is 116 cm³/mol. The second-order valence-electron chi connectivity index (χ2n) is 8.86. The molecule has 1 aromatic carbocycles. The van der Waals surface area contributed by atoms with Crippen molar-refractivity contribution >= 4 is 0 Å². The van der Waals surface area contributed by atoms with Crippen LogP contribution in [-0.2, 0) is 23.0 Å². The highest BCUT2D eigenvalue weighted by atomic mass is 19.1. The van der Waals surface area contributed by atoms with Crippen LogP contribution in [0.4, 0.5) is 4.39 Å². The fourth-order valence-corrected chi connectivity index (χ4v) is 5.50. The smallest absolute Gasteiger partial charge is 0.207 e. The van der Waals surface area contributed by atoms with Gasteiger partial charge in [-0.25, -0.2) is 4.39 Å². The van der Waals surface area contributed by atoms with E-state index in [9.17, 15) is 4.39 Å². The van der Waals surface area contributed by atoms with Gasteiger partial charge in [-0.1, -0.05) is 31.4 Å². The van der Waals surface area contributed by atoms with Crippen molar-refractivity contribution in [3.8, 4) is 22.5 Å². The van der Waals surface area contributed by atoms with Crippen molar-refractivity contribution in [1.29, 1.82) is 0 Å². The van der Waals surface area contributed by atoms with E-state index in [-0.39, 0.29) is 11.2 Å². The molecule has 1 N–H and O–H groups in total. The molecule has 1 fully saturated rings. The molecule has 0 saturated heterocycles. The zero-order chi connectivity index (χ0) is 21.3. The lowest BCUT2D eigenvalue weighted by Crippen LogP contribution is -2.31. The van der Waals surface area contributed by atoms with Gasteiger partial charge in [-0.15, -0.1) is 10.2 Å². The molecule has 1 saturated carbocycles. The fraction of sp³-hybridized carbons (Fsp3) is 0.500. The van der Waals surface area contributed by atoms with E-state index >= 15 is 0 Å². The minimum Gasteiger partial charge on any atom is -0.384 e. The maximum atomic E-state index is 13.8. The summed E-state index contributed by atoms with van der Waals surface area (Å²) in [5.74, 6) is 0.313. The van der Waals surface area contributed by atoms with Crippen LogP contribution in [0.5, 0.6) is 0 Å². The monoisotopic (exact) mass is 421 g/mol. The van der Waals surface area contributed by atoms with Gasteiger partial charge in [0.25, 0.3) is 0 Å². The van der Waals surface area contributed by atoms with E-state index in [0.29, 0.717) is 12.4 Å². The number of rotatable bonds is 5. The lowest BCUT2D eigenvalue weighted by Gasteiger charge is -2.32. The third kappa shape index (κ3) is 3.65. The number of methoxy groups -OCH3 is 1. The fourth-order valence-electron chi connectivity index (χ4n) is 5.50. The first kappa shape index (κ1) is 20.2. The molecule has 0 unspecified atom stereocenters. The van der Waals surface area contributed by atoms with Crippen molar-refractivity contribution in [2.75, 3.05) is 13.7 Å². The highest BCUT2D eigenvalue weighted by Gasteiger charge is 2.41. The number of hydrogen-bond donors (Lipinski definition) is 1. The number of halogens is 1. The van der Waals surface area contributed by atoms with Crippen molar-refractivity contribution < 1.29 is 9.13 Å². The van der Waals surface area contributed by atoms with Crippen LogP contribution in [0.1, 0.15) is 61.9 Å². The first-order valence-corrected chi connectivity index (χ1v) is 11.3. The van der Waals surface area contributed by atoms with E-state index in [2.05, 4.69) is 20.6 Å². The molecule has 0 spiro atoms. The van der Waals surface area contributed by atoms with Crippen molar-refractivity contribution in [3.05, 3.63) is 47.0 Å². The number of aromatic nitrogens is 5. The topological polar surface area (TPSA) is 76.6 Å². The van der Waals surface area contributed by atoms with Crippen molar-refractivity contribution in [2.24, 2.45) is 0 Å². The molecule has 5 rings (SSSR count). The van der Waals surface area contributed by atoms with Crippen molar-refractivity contribution in [3.63, 3.8) is 0 Å². The van der Waals surface area contributed by atoms with E-state index in [1.807, 2.05) is 12.1 Å². The Labute approximate surface area is 181 Å². The third-order valence-corrected chi connectivity index (χ3v) is 6.91. The van der Waals surface area contributed by atoms with Gasteiger partial charge in [0.15, 0.2) is 0 Å². The molecule has 7 heteroatoms. The van der Waals surface area contributed by atoms with Gasteiger partial charge in [-0.2, -0.15) is 5.21 Å². The largest absolute Gasteiger partial charge is 0.384 e. The number of aromatic amines is 1. The molecule has 31 heavy (non-hydrogen) atoms. The van der Waals surface area contributed by atoms with Crippen LogP contribution in [0.25, 0.3) is 22.5 Å². The molecule has 2 aliphatic rings. The second kappa shape index (κ2) is 8.46. The number of benzene rings is 1. The average Bonchev–Trinajstić information content (AvgIpc) is 3.42. The summed E-state index contributed by atoms with van der Waals surface area (Å²) in [6.45, 7) is 0.618. The van der Waals surface area contributed by atoms with E-state index in [1.165, 1.54) is 29.8 Å². The van der Waals surface area contributed by atoms with Crippen LogP contribution in [0.3, 0.4) is 0 Å². The molecule has 0 atom stereocenters. The quantitative estimate of drug-likeness (QED) is 0.599. The van der Waals surface area contributed by atoms with Crippen LogP contribution in [0, 0.1) is 5.82 Å². The van der Waals surface area contributed by atoms with E-state index < -0.39 is 0 Å². The molecule has 0 amide bonds. The molecule has 6 nitrogen and oxygen atoms in total. The first-order chi connectivity index (χ1) is 15.2. The number of H-pyrrole nitrogens is 1. The summed E-state index contributed by atoms with van der Waals surface area (Å²) in [6.07, 6.45) is 9.73. The number of nitrogens with zero attached hydrogens (tertiary/aromatic N) is 4. The number of tetrazole rings is 1. The van der Waals surface area contributed by atoms with Gasteiger partial charge < -0.3 is 4.74 Å². The zero-order valence-corrected chi connectivity index (χ0v) is 18.0. The molecular formula is C24H28FN5O. The van der Waals surface area contributed by atoms with Gasteiger partial charge in [0.05, 0.1) is 17.9 Å². The van der Waals surface area contributed by atoms with Crippen LogP contribution < -0.4 is 0 Å². The van der Waals surface area contributed by atoms with E-state index in [0.717, 1.165) is 73.8 Å². The van der Waals surface area contributed by atoms with E-state index in [1.54, 1.807) is 7.11 Å². The minimum atomic E-state index is -0.239. The molecule has 0 bridgehead atoms. The Bertz CT molecular complexity index is 1040. The zero-order valence-electron chi connectivity index (χ0n) is 18.0. The van der Waals surface area contributed by atoms with Crippen LogP contribution in [0.2, 0.25) is 0 Å². The van der Waals surface area contributed by atoms with Gasteiger partial charge in [-0.05, 0) is 72.6 Å². The molecule has 0 aliphatic heterocycles. The Kier molecular flexibility index (Phi) is 5.52. The highest BCUT2D eigenvalue weighted by Crippen LogP contribution is 2.48. The van der Waals surface area contributed by atoms with Crippen molar-refractivity contribution in [2.45, 2.75) is 63.2 Å². The molecule has 2 aliphatic carbocycles. The van der Waals surface area contributed by atoms with Gasteiger partial charge in [0, 0.05) is 18.2 Å². The Morgan fingerprint density at radius 2 is 1.77 bits per heavy atom. The molecule has 0 radical (unpaired) electrons. The molecule has 2 aromatic heterocycles. The number of fused-ring (bicyclic) bond motifs is 1. The van der Waals surface area contributed by atoms with Crippen LogP contribution >= 0.6 is 0 Å². The van der Waals surface area contributed by atoms with Gasteiger partial charge in [-0.3, -0.25) is 4.98 Å². The standard InChI is InChI=1S/C24H28FN5O/c1-31-15-24(13-5-6-14-24)22-21(23-27-29-30-28-23)20(16-9-11-17(25)12-10-16)18-7-3-2-4-8-19(18)26-22/h9-12H,2-8,13-15H2,1H3,(H,27,28,29,30). The predicted octanol–water partition coefficient (Wildman–Crippen LogP) is 4.79. The average molecular weight is 422 g/mol. The summed E-state index contributed by atoms with van der Waals surface area (Å²) in [4.78, 5) is 5.33. The van der Waals surface area contributed by atoms with Gasteiger partial charge >= 0.3 is 0 Å². The second-order valence-corrected chi connectivity index (χ2v) is 8.86. The summed E-state index contributed by atoms with van der Waals surface area (Å²) in [5.41, 5.74) is 6.27. The Hall–Kier alpha value is -2.67. The lowest BCUT2D eigenvalue weighted by atomic mass is 9.77. The summed E-state index contributed by atoms with van der Waals surface area (Å²) in [6, 6.07) is 6.78. The number of ether oxygens (including phenoxy) is 1. The third-order valence-electron chi connectivity index (χ3n) is 6.91. The summed E-state index contributed by atoms with van der Waals surface area (Å²) < 4.78 is 19.5. The maximum Gasteiger partial charge on any atom is 0.207 e. The normalized spacial score (nSPS) is 18.0. The van der Waals surface area contributed by atoms with Crippen LogP contribution in [0.15, 0.2) is 24.3 Å². The molecular weight excluding hydrogens is 393 g/mol. The Balaban J connectivity index is 1.85. The molecule has 3 aromatic rings. The van der Waals surface area contributed by atoms with Crippen molar-refractivity contribution in [1.82, 2.24) is 25.6 Å². The number of pyridine rings is 1. The SMILES string of the molecule is COCC1(c2nc3c(c(-c4ccc(F)cc4)c2-c2nn[nH]n2)CCCCC3)CCCC1. The Morgan fingerprint density at radius 3 is 2.48 bits per heavy atom. The number of aryl methyl sites for hydroxylation is 1. The highest BCUT2D eigenvalue weighted by molar-refractivity contribution is 5.86. The minimum absolute atomic E-state index is 0.166. The summed E-state index contributed by atoms with van der Waals surface area (Å²) in [7, 11) is 1.76. The Morgan fingerprint density at radius 1 is 1.00 bits per heavy atom. The maximum absolute atomic E-state index is 13.8. The first-order valence-electron chi connectivity index (χ1n) is 11.3. The number of hydrogen-bond acceptors (Lipinski definition) is 5. The lowest BCUT2D eigenvalue weighted by molar-refractivity contribution is 0.129. The molecule has 2 heterocycles. The summed E-state index contributed by atoms with van der Waals surface area (Å²) >= 11 is 0. The van der Waals surface area contributed by atoms with Crippen LogP contribution in [-0.4, -0.2) is 39.3 Å². The van der Waals surface area contributed by atoms with E-state index in [4.69, 9.17) is 9.72 Å². The number of nitrogens with one attached hydrogen (secondary N) is 1.